The van der Waals surface area contributed by atoms with Crippen molar-refractivity contribution in [1.29, 1.82) is 0 Å². The normalized spacial score (nSPS) is 22.4. The lowest BCUT2D eigenvalue weighted by molar-refractivity contribution is 0.578. The van der Waals surface area contributed by atoms with Gasteiger partial charge in [-0.2, -0.15) is 0 Å². The first-order chi connectivity index (χ1) is 6.71. The summed E-state index contributed by atoms with van der Waals surface area (Å²) in [6.45, 7) is 1.27. The Labute approximate surface area is 82.5 Å². The SMILES string of the molecule is O=S(=O)(c1cnccn1)[C@@H]1CCNC1. The molecule has 1 fully saturated rings. The Balaban J connectivity index is 2.33. The fourth-order valence-corrected chi connectivity index (χ4v) is 3.02. The lowest BCUT2D eigenvalue weighted by Crippen LogP contribution is -2.24. The Morgan fingerprint density at radius 3 is 2.86 bits per heavy atom. The molecule has 1 aromatic rings. The number of sulfone groups is 1. The minimum Gasteiger partial charge on any atom is -0.315 e. The van der Waals surface area contributed by atoms with E-state index in [1.165, 1.54) is 18.6 Å². The van der Waals surface area contributed by atoms with E-state index in [1.807, 2.05) is 0 Å². The van der Waals surface area contributed by atoms with E-state index in [1.54, 1.807) is 0 Å². The van der Waals surface area contributed by atoms with Gasteiger partial charge in [-0.25, -0.2) is 13.4 Å². The molecule has 1 aliphatic rings. The molecule has 14 heavy (non-hydrogen) atoms. The molecule has 1 atom stereocenters. The summed E-state index contributed by atoms with van der Waals surface area (Å²) in [4.78, 5) is 7.58. The number of rotatable bonds is 2. The van der Waals surface area contributed by atoms with Crippen LogP contribution in [0.4, 0.5) is 0 Å². The third-order valence-electron chi connectivity index (χ3n) is 2.28. The Kier molecular flexibility index (Phi) is 2.47. The summed E-state index contributed by atoms with van der Waals surface area (Å²) in [7, 11) is -3.27. The predicted octanol–water partition coefficient (Wildman–Crippen LogP) is -0.388. The number of nitrogens with one attached hydrogen (secondary N) is 1. The van der Waals surface area contributed by atoms with E-state index in [-0.39, 0.29) is 10.3 Å². The van der Waals surface area contributed by atoms with E-state index < -0.39 is 9.84 Å². The van der Waals surface area contributed by atoms with Gasteiger partial charge in [-0.05, 0) is 13.0 Å². The van der Waals surface area contributed by atoms with Gasteiger partial charge >= 0.3 is 0 Å². The highest BCUT2D eigenvalue weighted by Gasteiger charge is 2.31. The Bertz CT molecular complexity index is 398. The van der Waals surface area contributed by atoms with Crippen molar-refractivity contribution in [2.75, 3.05) is 13.1 Å². The van der Waals surface area contributed by atoms with Gasteiger partial charge in [-0.1, -0.05) is 0 Å². The first-order valence-electron chi connectivity index (χ1n) is 4.42. The minimum absolute atomic E-state index is 0.0775. The fourth-order valence-electron chi connectivity index (χ4n) is 1.50. The molecule has 0 saturated carbocycles. The molecule has 0 bridgehead atoms. The van der Waals surface area contributed by atoms with E-state index in [4.69, 9.17) is 0 Å². The van der Waals surface area contributed by atoms with E-state index >= 15 is 0 Å². The molecule has 0 amide bonds. The second-order valence-corrected chi connectivity index (χ2v) is 5.38. The summed E-state index contributed by atoms with van der Waals surface area (Å²) in [6.07, 6.45) is 4.81. The summed E-state index contributed by atoms with van der Waals surface area (Å²) < 4.78 is 23.8. The maximum absolute atomic E-state index is 11.9. The van der Waals surface area contributed by atoms with Crippen LogP contribution in [0.2, 0.25) is 0 Å². The Morgan fingerprint density at radius 1 is 1.43 bits per heavy atom. The average molecular weight is 213 g/mol. The van der Waals surface area contributed by atoms with Crippen molar-refractivity contribution in [2.45, 2.75) is 16.7 Å². The summed E-state index contributed by atoms with van der Waals surface area (Å²) >= 11 is 0. The van der Waals surface area contributed by atoms with Crippen molar-refractivity contribution >= 4 is 9.84 Å². The van der Waals surface area contributed by atoms with Crippen LogP contribution in [0.15, 0.2) is 23.6 Å². The largest absolute Gasteiger partial charge is 0.315 e. The molecule has 1 aromatic heterocycles. The molecule has 2 heterocycles. The first-order valence-corrected chi connectivity index (χ1v) is 5.96. The van der Waals surface area contributed by atoms with Crippen LogP contribution in [0.5, 0.6) is 0 Å². The maximum atomic E-state index is 11.9. The van der Waals surface area contributed by atoms with Crippen molar-refractivity contribution in [2.24, 2.45) is 0 Å². The second kappa shape index (κ2) is 3.62. The molecule has 0 spiro atoms. The third kappa shape index (κ3) is 1.62. The number of hydrogen-bond donors (Lipinski definition) is 1. The molecule has 1 aliphatic heterocycles. The van der Waals surface area contributed by atoms with Crippen LogP contribution >= 0.6 is 0 Å². The van der Waals surface area contributed by atoms with Gasteiger partial charge in [0.05, 0.1) is 11.4 Å². The van der Waals surface area contributed by atoms with Gasteiger partial charge in [0.25, 0.3) is 0 Å². The summed E-state index contributed by atoms with van der Waals surface area (Å²) in [5, 5.41) is 2.75. The molecular weight excluding hydrogens is 202 g/mol. The molecule has 1 saturated heterocycles. The highest BCUT2D eigenvalue weighted by molar-refractivity contribution is 7.92. The van der Waals surface area contributed by atoms with Gasteiger partial charge in [-0.15, -0.1) is 0 Å². The van der Waals surface area contributed by atoms with Crippen LogP contribution in [0, 0.1) is 0 Å². The predicted molar refractivity (Wildman–Crippen MR) is 50.5 cm³/mol. The van der Waals surface area contributed by atoms with Gasteiger partial charge in [0, 0.05) is 18.9 Å². The van der Waals surface area contributed by atoms with Gasteiger partial charge < -0.3 is 5.32 Å². The Hall–Kier alpha value is -1.01. The molecule has 0 aliphatic carbocycles. The molecule has 2 rings (SSSR count). The second-order valence-electron chi connectivity index (χ2n) is 3.20. The van der Waals surface area contributed by atoms with E-state index in [0.717, 1.165) is 6.54 Å². The standard InChI is InChI=1S/C8H11N3O2S/c12-14(13,7-1-2-9-5-7)8-6-10-3-4-11-8/h3-4,6-7,9H,1-2,5H2/t7-/m1/s1. The molecule has 1 N–H and O–H groups in total. The molecule has 76 valence electrons. The lowest BCUT2D eigenvalue weighted by Gasteiger charge is -2.08. The number of aromatic nitrogens is 2. The molecule has 5 nitrogen and oxygen atoms in total. The zero-order valence-electron chi connectivity index (χ0n) is 7.55. The van der Waals surface area contributed by atoms with Crippen molar-refractivity contribution in [1.82, 2.24) is 15.3 Å². The van der Waals surface area contributed by atoms with Crippen LogP contribution in [-0.2, 0) is 9.84 Å². The zero-order chi connectivity index (χ0) is 10.0. The van der Waals surface area contributed by atoms with E-state index in [9.17, 15) is 8.42 Å². The number of hydrogen-bond acceptors (Lipinski definition) is 5. The number of nitrogens with zero attached hydrogens (tertiary/aromatic N) is 2. The zero-order valence-corrected chi connectivity index (χ0v) is 8.37. The quantitative estimate of drug-likeness (QED) is 0.724. The van der Waals surface area contributed by atoms with E-state index in [2.05, 4.69) is 15.3 Å². The van der Waals surface area contributed by atoms with Gasteiger partial charge in [0.2, 0.25) is 9.84 Å². The topological polar surface area (TPSA) is 72.0 Å². The van der Waals surface area contributed by atoms with Crippen molar-refractivity contribution in [3.05, 3.63) is 18.6 Å². The highest BCUT2D eigenvalue weighted by Crippen LogP contribution is 2.17. The summed E-state index contributed by atoms with van der Waals surface area (Å²) in [6, 6.07) is 0. The fraction of sp³-hybridized carbons (Fsp3) is 0.500. The monoisotopic (exact) mass is 213 g/mol. The molecule has 0 radical (unpaired) electrons. The minimum atomic E-state index is -3.27. The van der Waals surface area contributed by atoms with Crippen molar-refractivity contribution < 1.29 is 8.42 Å². The van der Waals surface area contributed by atoms with Crippen LogP contribution in [0.1, 0.15) is 6.42 Å². The first kappa shape index (κ1) is 9.54. The lowest BCUT2D eigenvalue weighted by atomic mass is 10.4. The maximum Gasteiger partial charge on any atom is 0.201 e. The molecular formula is C8H11N3O2S. The summed E-state index contributed by atoms with van der Waals surface area (Å²) in [5.41, 5.74) is 0. The smallest absolute Gasteiger partial charge is 0.201 e. The summed E-state index contributed by atoms with van der Waals surface area (Å²) in [5.74, 6) is 0. The van der Waals surface area contributed by atoms with Crippen molar-refractivity contribution in [3.63, 3.8) is 0 Å². The van der Waals surface area contributed by atoms with Gasteiger partial charge in [0.1, 0.15) is 0 Å². The molecule has 0 aromatic carbocycles. The van der Waals surface area contributed by atoms with Gasteiger partial charge in [-0.3, -0.25) is 4.98 Å². The van der Waals surface area contributed by atoms with Crippen LogP contribution < -0.4 is 5.32 Å². The van der Waals surface area contributed by atoms with Crippen molar-refractivity contribution in [3.8, 4) is 0 Å². The van der Waals surface area contributed by atoms with Crippen LogP contribution in [0.3, 0.4) is 0 Å². The van der Waals surface area contributed by atoms with Crippen LogP contribution in [-0.4, -0.2) is 36.7 Å². The van der Waals surface area contributed by atoms with E-state index in [0.29, 0.717) is 13.0 Å². The molecule has 0 unspecified atom stereocenters. The van der Waals surface area contributed by atoms with Gasteiger partial charge in [0.15, 0.2) is 5.03 Å². The van der Waals surface area contributed by atoms with Crippen LogP contribution in [0.25, 0.3) is 0 Å². The third-order valence-corrected chi connectivity index (χ3v) is 4.36. The molecule has 6 heteroatoms. The highest BCUT2D eigenvalue weighted by atomic mass is 32.2. The average Bonchev–Trinajstić information content (AvgIpc) is 2.72. The Morgan fingerprint density at radius 2 is 2.29 bits per heavy atom.